The number of amides is 1. The molecule has 1 N–H and O–H groups in total. The highest BCUT2D eigenvalue weighted by atomic mass is 16.5. The van der Waals surface area contributed by atoms with E-state index in [2.05, 4.69) is 11.8 Å². The van der Waals surface area contributed by atoms with Gasteiger partial charge in [0.25, 0.3) is 0 Å². The average Bonchev–Trinajstić information content (AvgIpc) is 2.49. The number of carbonyl (C=O) groups is 1. The summed E-state index contributed by atoms with van der Waals surface area (Å²) < 4.78 is 5.51. The number of carbonyl (C=O) groups excluding carboxylic acids is 1. The van der Waals surface area contributed by atoms with Crippen LogP contribution in [-0.2, 0) is 9.53 Å². The van der Waals surface area contributed by atoms with E-state index in [1.165, 1.54) is 19.3 Å². The summed E-state index contributed by atoms with van der Waals surface area (Å²) in [6, 6.07) is 0.655. The van der Waals surface area contributed by atoms with Gasteiger partial charge in [-0.3, -0.25) is 9.69 Å². The number of nitrogens with zero attached hydrogens (tertiary/aromatic N) is 2. The Morgan fingerprint density at radius 1 is 1.35 bits per heavy atom. The Balaban J connectivity index is 1.85. The highest BCUT2D eigenvalue weighted by Gasteiger charge is 2.29. The third kappa shape index (κ3) is 3.93. The molecule has 1 heterocycles. The molecule has 2 aliphatic rings. The number of likely N-dealkylation sites (N-methyl/N-ethyl adjacent to an activating group) is 1. The lowest BCUT2D eigenvalue weighted by molar-refractivity contribution is -0.138. The van der Waals surface area contributed by atoms with Crippen molar-refractivity contribution >= 4 is 5.91 Å². The van der Waals surface area contributed by atoms with Gasteiger partial charge in [-0.05, 0) is 19.8 Å². The van der Waals surface area contributed by atoms with Crippen LogP contribution in [0, 0.1) is 0 Å². The molecule has 1 amide bonds. The first-order valence-corrected chi connectivity index (χ1v) is 7.84. The van der Waals surface area contributed by atoms with Crippen molar-refractivity contribution in [3.63, 3.8) is 0 Å². The van der Waals surface area contributed by atoms with Crippen LogP contribution in [0.3, 0.4) is 0 Å². The van der Waals surface area contributed by atoms with E-state index in [0.717, 1.165) is 12.8 Å². The van der Waals surface area contributed by atoms with Crippen LogP contribution in [0.2, 0.25) is 0 Å². The van der Waals surface area contributed by atoms with Crippen molar-refractivity contribution in [1.29, 1.82) is 0 Å². The minimum absolute atomic E-state index is 0.0237. The van der Waals surface area contributed by atoms with E-state index < -0.39 is 0 Å². The van der Waals surface area contributed by atoms with Gasteiger partial charge in [0.1, 0.15) is 0 Å². The molecule has 0 radical (unpaired) electrons. The summed E-state index contributed by atoms with van der Waals surface area (Å²) in [5.74, 6) is 0.197. The Morgan fingerprint density at radius 3 is 2.70 bits per heavy atom. The number of aliphatic hydroxyl groups excluding tert-OH is 1. The topological polar surface area (TPSA) is 53.0 Å². The third-order valence-electron chi connectivity index (χ3n) is 4.69. The maximum Gasteiger partial charge on any atom is 0.236 e. The predicted molar refractivity (Wildman–Crippen MR) is 77.5 cm³/mol. The molecule has 0 bridgehead atoms. The first-order chi connectivity index (χ1) is 9.61. The molecular formula is C15H28N2O3. The Morgan fingerprint density at radius 2 is 2.05 bits per heavy atom. The summed E-state index contributed by atoms with van der Waals surface area (Å²) in [6.07, 6.45) is 5.91. The van der Waals surface area contributed by atoms with Crippen LogP contribution in [0.4, 0.5) is 0 Å². The molecule has 1 aliphatic carbocycles. The number of ether oxygens (including phenoxy) is 1. The summed E-state index contributed by atoms with van der Waals surface area (Å²) in [5, 5.41) is 9.20. The molecule has 5 heteroatoms. The Kier molecular flexibility index (Phi) is 5.81. The molecule has 0 spiro atoms. The van der Waals surface area contributed by atoms with Crippen LogP contribution in [0.15, 0.2) is 0 Å². The van der Waals surface area contributed by atoms with Crippen molar-refractivity contribution in [3.05, 3.63) is 0 Å². The van der Waals surface area contributed by atoms with Gasteiger partial charge >= 0.3 is 0 Å². The number of hydrogen-bond acceptors (Lipinski definition) is 4. The summed E-state index contributed by atoms with van der Waals surface area (Å²) in [5.41, 5.74) is 0. The van der Waals surface area contributed by atoms with Crippen molar-refractivity contribution in [1.82, 2.24) is 9.80 Å². The first-order valence-electron chi connectivity index (χ1n) is 7.84. The Labute approximate surface area is 121 Å². The van der Waals surface area contributed by atoms with E-state index >= 15 is 0 Å². The van der Waals surface area contributed by atoms with E-state index in [4.69, 9.17) is 4.74 Å². The lowest BCUT2D eigenvalue weighted by Crippen LogP contribution is -2.53. The normalized spacial score (nSPS) is 29.4. The van der Waals surface area contributed by atoms with Crippen molar-refractivity contribution in [2.24, 2.45) is 0 Å². The van der Waals surface area contributed by atoms with E-state index in [-0.39, 0.29) is 24.7 Å². The van der Waals surface area contributed by atoms with Gasteiger partial charge in [0.15, 0.2) is 0 Å². The van der Waals surface area contributed by atoms with Crippen LogP contribution in [0.5, 0.6) is 0 Å². The van der Waals surface area contributed by atoms with Gasteiger partial charge < -0.3 is 14.7 Å². The van der Waals surface area contributed by atoms with Crippen LogP contribution >= 0.6 is 0 Å². The second kappa shape index (κ2) is 7.38. The van der Waals surface area contributed by atoms with Crippen LogP contribution in [0.1, 0.15) is 39.0 Å². The minimum Gasteiger partial charge on any atom is -0.394 e. The molecule has 1 saturated heterocycles. The van der Waals surface area contributed by atoms with Gasteiger partial charge in [-0.1, -0.05) is 19.3 Å². The fraction of sp³-hybridized carbons (Fsp3) is 0.933. The van der Waals surface area contributed by atoms with Gasteiger partial charge in [-0.25, -0.2) is 0 Å². The third-order valence-corrected chi connectivity index (χ3v) is 4.69. The summed E-state index contributed by atoms with van der Waals surface area (Å²) >= 11 is 0. The van der Waals surface area contributed by atoms with Gasteiger partial charge in [-0.2, -0.15) is 0 Å². The predicted octanol–water partition coefficient (Wildman–Crippen LogP) is 0.859. The molecule has 2 fully saturated rings. The molecule has 2 atom stereocenters. The number of hydrogen-bond donors (Lipinski definition) is 1. The molecule has 2 rings (SSSR count). The average molecular weight is 284 g/mol. The summed E-state index contributed by atoms with van der Waals surface area (Å²) in [4.78, 5) is 16.5. The standard InChI is InChI=1S/C15H28N2O3/c1-12-11-20-14(10-18)8-17(12)9-15(19)16(2)13-6-4-3-5-7-13/h12-14,18H,3-11H2,1-2H3. The molecule has 116 valence electrons. The maximum atomic E-state index is 12.4. The smallest absolute Gasteiger partial charge is 0.236 e. The van der Waals surface area contributed by atoms with Crippen LogP contribution < -0.4 is 0 Å². The maximum absolute atomic E-state index is 12.4. The largest absolute Gasteiger partial charge is 0.394 e. The van der Waals surface area contributed by atoms with Crippen molar-refractivity contribution in [3.8, 4) is 0 Å². The van der Waals surface area contributed by atoms with E-state index in [9.17, 15) is 9.90 Å². The van der Waals surface area contributed by atoms with Crippen LogP contribution in [0.25, 0.3) is 0 Å². The highest BCUT2D eigenvalue weighted by molar-refractivity contribution is 5.78. The Hall–Kier alpha value is -0.650. The van der Waals surface area contributed by atoms with Crippen molar-refractivity contribution in [2.75, 3.05) is 33.4 Å². The summed E-state index contributed by atoms with van der Waals surface area (Å²) in [7, 11) is 1.94. The number of aliphatic hydroxyl groups is 1. The van der Waals surface area contributed by atoms with Crippen molar-refractivity contribution in [2.45, 2.75) is 57.2 Å². The number of rotatable bonds is 4. The van der Waals surface area contributed by atoms with E-state index in [0.29, 0.717) is 25.7 Å². The monoisotopic (exact) mass is 284 g/mol. The summed E-state index contributed by atoms with van der Waals surface area (Å²) in [6.45, 7) is 3.76. The molecule has 1 aliphatic heterocycles. The fourth-order valence-corrected chi connectivity index (χ4v) is 3.16. The second-order valence-electron chi connectivity index (χ2n) is 6.21. The molecule has 0 aromatic rings. The Bertz CT molecular complexity index is 318. The van der Waals surface area contributed by atoms with E-state index in [1.807, 2.05) is 11.9 Å². The van der Waals surface area contributed by atoms with Gasteiger partial charge in [0.2, 0.25) is 5.91 Å². The minimum atomic E-state index is -0.154. The van der Waals surface area contributed by atoms with Crippen molar-refractivity contribution < 1.29 is 14.6 Å². The zero-order valence-corrected chi connectivity index (χ0v) is 12.8. The molecule has 2 unspecified atom stereocenters. The zero-order valence-electron chi connectivity index (χ0n) is 12.8. The molecular weight excluding hydrogens is 256 g/mol. The van der Waals surface area contributed by atoms with Gasteiger partial charge in [0.05, 0.1) is 25.9 Å². The fourth-order valence-electron chi connectivity index (χ4n) is 3.16. The van der Waals surface area contributed by atoms with E-state index in [1.54, 1.807) is 0 Å². The van der Waals surface area contributed by atoms with Gasteiger partial charge in [0, 0.05) is 25.7 Å². The van der Waals surface area contributed by atoms with Gasteiger partial charge in [-0.15, -0.1) is 0 Å². The first kappa shape index (κ1) is 15.7. The molecule has 5 nitrogen and oxygen atoms in total. The molecule has 0 aromatic heterocycles. The molecule has 1 saturated carbocycles. The molecule has 0 aromatic carbocycles. The van der Waals surface area contributed by atoms with Crippen LogP contribution in [-0.4, -0.2) is 72.4 Å². The molecule has 20 heavy (non-hydrogen) atoms. The quantitative estimate of drug-likeness (QED) is 0.832. The number of morpholine rings is 1. The zero-order chi connectivity index (χ0) is 14.5. The SMILES string of the molecule is CC1COC(CO)CN1CC(=O)N(C)C1CCCCC1. The lowest BCUT2D eigenvalue weighted by Gasteiger charge is -2.39. The highest BCUT2D eigenvalue weighted by Crippen LogP contribution is 2.22. The lowest BCUT2D eigenvalue weighted by atomic mass is 9.94. The second-order valence-corrected chi connectivity index (χ2v) is 6.21.